The lowest BCUT2D eigenvalue weighted by Crippen LogP contribution is -2.16. The molecule has 0 aliphatic heterocycles. The molecule has 2 heterocycles. The molecule has 31 heavy (non-hydrogen) atoms. The first-order chi connectivity index (χ1) is 14.8. The van der Waals surface area contributed by atoms with Crippen LogP contribution in [0.2, 0.25) is 0 Å². The van der Waals surface area contributed by atoms with Crippen molar-refractivity contribution in [1.82, 2.24) is 14.7 Å². The van der Waals surface area contributed by atoms with E-state index in [-0.39, 0.29) is 22.7 Å². The number of halogens is 1. The second-order valence-electron chi connectivity index (χ2n) is 7.47. The maximum Gasteiger partial charge on any atom is 0.420 e. The zero-order valence-electron chi connectivity index (χ0n) is 16.3. The topological polar surface area (TPSA) is 120 Å². The minimum absolute atomic E-state index is 0.0428. The minimum atomic E-state index is -3.99. The van der Waals surface area contributed by atoms with Crippen LogP contribution in [-0.4, -0.2) is 23.1 Å². The molecule has 1 aliphatic rings. The molecular weight excluding hydrogens is 427 g/mol. The first kappa shape index (κ1) is 19.5. The second kappa shape index (κ2) is 7.05. The van der Waals surface area contributed by atoms with Crippen LogP contribution in [0.15, 0.2) is 55.0 Å². The quantitative estimate of drug-likeness (QED) is 0.485. The van der Waals surface area contributed by atoms with Crippen LogP contribution in [0.5, 0.6) is 0 Å². The summed E-state index contributed by atoms with van der Waals surface area (Å²) in [6.45, 7) is 1.64. The monoisotopic (exact) mass is 444 g/mol. The fraction of sp³-hybridized carbons (Fsp3) is 0.250. The Morgan fingerprint density at radius 1 is 1.23 bits per heavy atom. The summed E-state index contributed by atoms with van der Waals surface area (Å²) in [4.78, 5) is 16.5. The molecule has 1 fully saturated rings. The van der Waals surface area contributed by atoms with Crippen LogP contribution in [-0.2, 0) is 16.6 Å². The Hall–Kier alpha value is -3.47. The fourth-order valence-electron chi connectivity index (χ4n) is 3.28. The normalized spacial score (nSPS) is 14.3. The lowest BCUT2D eigenvalue weighted by molar-refractivity contribution is 0.372. The van der Waals surface area contributed by atoms with Crippen LogP contribution in [0.25, 0.3) is 11.1 Å². The number of aromatic nitrogens is 3. The molecule has 1 N–H and O–H groups in total. The van der Waals surface area contributed by atoms with Gasteiger partial charge < -0.3 is 8.94 Å². The molecular formula is C20H17FN4O5S. The van der Waals surface area contributed by atoms with E-state index in [1.807, 2.05) is 0 Å². The van der Waals surface area contributed by atoms with Crippen LogP contribution in [0.3, 0.4) is 0 Å². The fourth-order valence-corrected chi connectivity index (χ4v) is 4.42. The molecule has 2 aromatic heterocycles. The van der Waals surface area contributed by atoms with Gasteiger partial charge >= 0.3 is 5.76 Å². The lowest BCUT2D eigenvalue weighted by Gasteiger charge is -2.10. The van der Waals surface area contributed by atoms with E-state index < -0.39 is 21.6 Å². The summed E-state index contributed by atoms with van der Waals surface area (Å²) in [6.07, 6.45) is 2.03. The lowest BCUT2D eigenvalue weighted by atomic mass is 10.2. The van der Waals surface area contributed by atoms with Gasteiger partial charge in [-0.2, -0.15) is 4.98 Å². The molecule has 2 aromatic carbocycles. The Labute approximate surface area is 175 Å². The first-order valence-electron chi connectivity index (χ1n) is 9.55. The van der Waals surface area contributed by atoms with Gasteiger partial charge in [-0.15, -0.1) is 0 Å². The number of hydrogen-bond donors (Lipinski definition) is 1. The summed E-state index contributed by atoms with van der Waals surface area (Å²) in [5.41, 5.74) is 1.20. The highest BCUT2D eigenvalue weighted by molar-refractivity contribution is 7.92. The highest BCUT2D eigenvalue weighted by Gasteiger charge is 2.30. The van der Waals surface area contributed by atoms with Gasteiger partial charge in [-0.1, -0.05) is 5.16 Å². The van der Waals surface area contributed by atoms with Crippen molar-refractivity contribution in [1.29, 1.82) is 0 Å². The van der Waals surface area contributed by atoms with E-state index in [2.05, 4.69) is 14.9 Å². The van der Waals surface area contributed by atoms with Gasteiger partial charge in [0.25, 0.3) is 10.0 Å². The van der Waals surface area contributed by atoms with Crippen molar-refractivity contribution >= 4 is 26.8 Å². The van der Waals surface area contributed by atoms with Gasteiger partial charge in [0.05, 0.1) is 22.6 Å². The summed E-state index contributed by atoms with van der Waals surface area (Å²) in [5.74, 6) is 0.0767. The maximum absolute atomic E-state index is 13.3. The highest BCUT2D eigenvalue weighted by Crippen LogP contribution is 2.38. The maximum atomic E-state index is 13.3. The Kier molecular flexibility index (Phi) is 4.43. The minimum Gasteiger partial charge on any atom is -0.408 e. The van der Waals surface area contributed by atoms with Crippen molar-refractivity contribution in [3.8, 4) is 0 Å². The number of oxazole rings is 1. The summed E-state index contributed by atoms with van der Waals surface area (Å²) in [7, 11) is -3.99. The number of nitrogens with one attached hydrogen (secondary N) is 1. The summed E-state index contributed by atoms with van der Waals surface area (Å²) >= 11 is 0. The number of nitrogens with zero attached hydrogens (tertiary/aromatic N) is 3. The van der Waals surface area contributed by atoms with Gasteiger partial charge in [0.1, 0.15) is 5.82 Å². The second-order valence-corrected chi connectivity index (χ2v) is 9.15. The van der Waals surface area contributed by atoms with Gasteiger partial charge in [0.2, 0.25) is 5.89 Å². The zero-order chi connectivity index (χ0) is 21.8. The third kappa shape index (κ3) is 3.72. The van der Waals surface area contributed by atoms with Gasteiger partial charge in [-0.3, -0.25) is 9.29 Å². The highest BCUT2D eigenvalue weighted by atomic mass is 32.2. The van der Waals surface area contributed by atoms with Crippen LogP contribution in [0.4, 0.5) is 10.1 Å². The number of fused-ring (bicyclic) bond motifs is 1. The van der Waals surface area contributed by atoms with Crippen LogP contribution in [0.1, 0.15) is 36.0 Å². The molecule has 5 rings (SSSR count). The average molecular weight is 444 g/mol. The molecule has 160 valence electrons. The molecule has 1 saturated carbocycles. The van der Waals surface area contributed by atoms with Crippen LogP contribution >= 0.6 is 0 Å². The van der Waals surface area contributed by atoms with Crippen LogP contribution < -0.4 is 10.5 Å². The third-order valence-corrected chi connectivity index (χ3v) is 6.46. The number of sulfonamides is 1. The molecule has 1 aliphatic carbocycles. The molecule has 0 amide bonds. The average Bonchev–Trinajstić information content (AvgIpc) is 3.39. The van der Waals surface area contributed by atoms with Crippen molar-refractivity contribution in [3.05, 3.63) is 70.0 Å². The van der Waals surface area contributed by atoms with Gasteiger partial charge in [0.15, 0.2) is 11.4 Å². The molecule has 11 heteroatoms. The van der Waals surface area contributed by atoms with Gasteiger partial charge in [-0.25, -0.2) is 17.6 Å². The Bertz CT molecular complexity index is 1470. The van der Waals surface area contributed by atoms with E-state index in [9.17, 15) is 17.6 Å². The van der Waals surface area contributed by atoms with Crippen molar-refractivity contribution < 1.29 is 21.7 Å². The molecule has 0 spiro atoms. The van der Waals surface area contributed by atoms with E-state index in [1.165, 1.54) is 41.0 Å². The van der Waals surface area contributed by atoms with E-state index in [0.717, 1.165) is 12.8 Å². The molecule has 0 unspecified atom stereocenters. The standard InChI is InChI=1S/C20H17FN4O5S/c1-11-8-13(21)4-6-15(11)24-31(27,28)14-5-7-16-17(9-14)29-20(26)25(16)10-18-22-19(30-23-18)12-2-3-12/h4-9,12,24H,2-3,10H2,1H3. The molecule has 0 radical (unpaired) electrons. The van der Waals surface area contributed by atoms with Crippen molar-refractivity contribution in [2.75, 3.05) is 4.72 Å². The molecule has 4 aromatic rings. The van der Waals surface area contributed by atoms with E-state index in [4.69, 9.17) is 8.94 Å². The Morgan fingerprint density at radius 2 is 2.03 bits per heavy atom. The first-order valence-corrected chi connectivity index (χ1v) is 11.0. The van der Waals surface area contributed by atoms with Gasteiger partial charge in [0, 0.05) is 12.0 Å². The summed E-state index contributed by atoms with van der Waals surface area (Å²) in [6, 6.07) is 7.85. The third-order valence-electron chi connectivity index (χ3n) is 5.09. The van der Waals surface area contributed by atoms with E-state index >= 15 is 0 Å². The smallest absolute Gasteiger partial charge is 0.408 e. The largest absolute Gasteiger partial charge is 0.420 e. The number of benzene rings is 2. The number of rotatable bonds is 6. The molecule has 0 atom stereocenters. The predicted octanol–water partition coefficient (Wildman–Crippen LogP) is 3.15. The number of hydrogen-bond acceptors (Lipinski definition) is 7. The van der Waals surface area contributed by atoms with Gasteiger partial charge in [-0.05, 0) is 55.7 Å². The van der Waals surface area contributed by atoms with Crippen molar-refractivity contribution in [2.24, 2.45) is 0 Å². The van der Waals surface area contributed by atoms with Crippen LogP contribution in [0, 0.1) is 12.7 Å². The SMILES string of the molecule is Cc1cc(F)ccc1NS(=O)(=O)c1ccc2c(c1)oc(=O)n2Cc1noc(C2CC2)n1. The number of aryl methyl sites for hydroxylation is 1. The molecule has 0 saturated heterocycles. The Balaban J connectivity index is 1.45. The predicted molar refractivity (Wildman–Crippen MR) is 108 cm³/mol. The van der Waals surface area contributed by atoms with Crippen molar-refractivity contribution in [3.63, 3.8) is 0 Å². The summed E-state index contributed by atoms with van der Waals surface area (Å²) in [5, 5.41) is 3.90. The Morgan fingerprint density at radius 3 is 2.77 bits per heavy atom. The summed E-state index contributed by atoms with van der Waals surface area (Å²) < 4.78 is 53.0. The van der Waals surface area contributed by atoms with Crippen molar-refractivity contribution in [2.45, 2.75) is 37.1 Å². The molecule has 9 nitrogen and oxygen atoms in total. The molecule has 0 bridgehead atoms. The van der Waals surface area contributed by atoms with E-state index in [0.29, 0.717) is 28.7 Å². The number of anilines is 1. The van der Waals surface area contributed by atoms with E-state index in [1.54, 1.807) is 6.92 Å². The zero-order valence-corrected chi connectivity index (χ0v) is 17.1.